The zero-order valence-corrected chi connectivity index (χ0v) is 16.5. The average molecular weight is 403 g/mol. The summed E-state index contributed by atoms with van der Waals surface area (Å²) >= 11 is 11.5. The van der Waals surface area contributed by atoms with Crippen LogP contribution in [0.25, 0.3) is 0 Å². The number of halogens is 1. The fourth-order valence-electron chi connectivity index (χ4n) is 2.94. The molecule has 6 nitrogen and oxygen atoms in total. The van der Waals surface area contributed by atoms with Crippen LogP contribution in [0.1, 0.15) is 24.3 Å². The van der Waals surface area contributed by atoms with E-state index in [0.717, 1.165) is 11.3 Å². The molecular weight excluding hydrogens is 384 g/mol. The molecule has 0 fully saturated rings. The van der Waals surface area contributed by atoms with E-state index in [0.29, 0.717) is 33.8 Å². The number of allylic oxidation sites excluding steroid dienone is 1. The van der Waals surface area contributed by atoms with Crippen LogP contribution in [-0.2, 0) is 4.79 Å². The van der Waals surface area contributed by atoms with Crippen LogP contribution in [0, 0.1) is 6.92 Å². The number of aromatic nitrogens is 1. The number of amides is 1. The summed E-state index contributed by atoms with van der Waals surface area (Å²) in [5.74, 6) is 0.683. The van der Waals surface area contributed by atoms with Gasteiger partial charge in [-0.15, -0.1) is 6.58 Å². The van der Waals surface area contributed by atoms with Crippen LogP contribution in [0.15, 0.2) is 58.8 Å². The molecule has 1 aromatic carbocycles. The summed E-state index contributed by atoms with van der Waals surface area (Å²) in [6.07, 6.45) is 1.73. The van der Waals surface area contributed by atoms with Crippen molar-refractivity contribution in [2.24, 2.45) is 0 Å². The molecule has 27 heavy (non-hydrogen) atoms. The van der Waals surface area contributed by atoms with Crippen LogP contribution in [0.3, 0.4) is 0 Å². The minimum atomic E-state index is -0.413. The number of anilines is 1. The summed E-state index contributed by atoms with van der Waals surface area (Å²) in [6, 6.07) is 8.55. The Morgan fingerprint density at radius 3 is 2.74 bits per heavy atom. The van der Waals surface area contributed by atoms with Crippen molar-refractivity contribution < 1.29 is 9.32 Å². The highest BCUT2D eigenvalue weighted by Gasteiger charge is 2.33. The summed E-state index contributed by atoms with van der Waals surface area (Å²) in [4.78, 5) is 14.9. The zero-order valence-electron chi connectivity index (χ0n) is 15.0. The number of hydrogen-bond acceptors (Lipinski definition) is 4. The van der Waals surface area contributed by atoms with Crippen LogP contribution < -0.4 is 10.6 Å². The molecule has 1 aromatic heterocycles. The van der Waals surface area contributed by atoms with Gasteiger partial charge in [0.15, 0.2) is 10.9 Å². The topological polar surface area (TPSA) is 70.4 Å². The Kier molecular flexibility index (Phi) is 5.62. The second kappa shape index (κ2) is 7.94. The van der Waals surface area contributed by atoms with Crippen molar-refractivity contribution in [1.82, 2.24) is 15.4 Å². The van der Waals surface area contributed by atoms with Crippen molar-refractivity contribution in [3.63, 3.8) is 0 Å². The third-order valence-corrected chi connectivity index (χ3v) is 4.82. The Hall–Kier alpha value is -2.64. The summed E-state index contributed by atoms with van der Waals surface area (Å²) in [5.41, 5.74) is 2.16. The van der Waals surface area contributed by atoms with Gasteiger partial charge in [0.1, 0.15) is 5.76 Å². The predicted molar refractivity (Wildman–Crippen MR) is 109 cm³/mol. The van der Waals surface area contributed by atoms with Gasteiger partial charge in [-0.05, 0) is 43.8 Å². The lowest BCUT2D eigenvalue weighted by atomic mass is 9.94. The van der Waals surface area contributed by atoms with Gasteiger partial charge in [0, 0.05) is 23.3 Å². The molecule has 0 saturated heterocycles. The minimum Gasteiger partial charge on any atom is -0.360 e. The van der Waals surface area contributed by atoms with E-state index in [1.165, 1.54) is 0 Å². The fourth-order valence-corrected chi connectivity index (χ4v) is 3.39. The molecule has 1 aliphatic rings. The molecule has 0 radical (unpaired) electrons. The van der Waals surface area contributed by atoms with E-state index in [1.807, 2.05) is 24.0 Å². The van der Waals surface area contributed by atoms with Gasteiger partial charge in [0.2, 0.25) is 0 Å². The highest BCUT2D eigenvalue weighted by molar-refractivity contribution is 7.80. The Labute approximate surface area is 167 Å². The SMILES string of the molecule is C=CCN1C(=S)NC(c2ccc(Cl)cc2)C(C(=O)Nc2cc(C)on2)=C1C. The average Bonchev–Trinajstić information content (AvgIpc) is 3.03. The number of hydrogen-bond donors (Lipinski definition) is 2. The Balaban J connectivity index is 2.02. The maximum atomic E-state index is 13.1. The largest absolute Gasteiger partial charge is 0.360 e. The Morgan fingerprint density at radius 1 is 1.44 bits per heavy atom. The second-order valence-electron chi connectivity index (χ2n) is 6.11. The first-order valence-electron chi connectivity index (χ1n) is 8.30. The molecule has 0 aliphatic carbocycles. The number of nitrogens with zero attached hydrogens (tertiary/aromatic N) is 2. The summed E-state index contributed by atoms with van der Waals surface area (Å²) in [7, 11) is 0. The lowest BCUT2D eigenvalue weighted by Gasteiger charge is -2.37. The van der Waals surface area contributed by atoms with Gasteiger partial charge in [-0.3, -0.25) is 4.79 Å². The van der Waals surface area contributed by atoms with Crippen molar-refractivity contribution in [3.8, 4) is 0 Å². The number of carbonyl (C=O) groups is 1. The Bertz CT molecular complexity index is 920. The molecule has 1 aliphatic heterocycles. The molecule has 0 spiro atoms. The molecule has 0 saturated carbocycles. The first kappa shape index (κ1) is 19.1. The molecule has 2 N–H and O–H groups in total. The van der Waals surface area contributed by atoms with Crippen LogP contribution in [0.5, 0.6) is 0 Å². The van der Waals surface area contributed by atoms with Crippen LogP contribution in [-0.4, -0.2) is 27.6 Å². The van der Waals surface area contributed by atoms with Gasteiger partial charge in [-0.1, -0.05) is 35.0 Å². The second-order valence-corrected chi connectivity index (χ2v) is 6.93. The molecule has 1 atom stereocenters. The molecule has 2 aromatic rings. The van der Waals surface area contributed by atoms with Gasteiger partial charge in [0.25, 0.3) is 5.91 Å². The van der Waals surface area contributed by atoms with Crippen molar-refractivity contribution in [3.05, 3.63) is 70.6 Å². The highest BCUT2D eigenvalue weighted by Crippen LogP contribution is 2.32. The highest BCUT2D eigenvalue weighted by atomic mass is 35.5. The van der Waals surface area contributed by atoms with Crippen molar-refractivity contribution in [1.29, 1.82) is 0 Å². The number of benzene rings is 1. The van der Waals surface area contributed by atoms with Gasteiger partial charge in [-0.2, -0.15) is 0 Å². The van der Waals surface area contributed by atoms with Crippen LogP contribution in [0.4, 0.5) is 5.82 Å². The normalized spacial score (nSPS) is 16.9. The van der Waals surface area contributed by atoms with Crippen molar-refractivity contribution in [2.75, 3.05) is 11.9 Å². The van der Waals surface area contributed by atoms with E-state index in [1.54, 1.807) is 31.2 Å². The lowest BCUT2D eigenvalue weighted by Crippen LogP contribution is -2.48. The summed E-state index contributed by atoms with van der Waals surface area (Å²) in [6.45, 7) is 7.88. The number of nitrogens with one attached hydrogen (secondary N) is 2. The third-order valence-electron chi connectivity index (χ3n) is 4.23. The van der Waals surface area contributed by atoms with Gasteiger partial charge in [-0.25, -0.2) is 0 Å². The molecule has 8 heteroatoms. The molecule has 140 valence electrons. The van der Waals surface area contributed by atoms with Crippen molar-refractivity contribution in [2.45, 2.75) is 19.9 Å². The van der Waals surface area contributed by atoms with Crippen LogP contribution in [0.2, 0.25) is 5.02 Å². The van der Waals surface area contributed by atoms with Gasteiger partial charge in [0.05, 0.1) is 11.6 Å². The van der Waals surface area contributed by atoms with Crippen LogP contribution >= 0.6 is 23.8 Å². The van der Waals surface area contributed by atoms with Gasteiger partial charge >= 0.3 is 0 Å². The van der Waals surface area contributed by atoms with E-state index in [4.69, 9.17) is 28.3 Å². The quantitative estimate of drug-likeness (QED) is 0.582. The maximum Gasteiger partial charge on any atom is 0.257 e. The number of carbonyl (C=O) groups excluding carboxylic acids is 1. The number of rotatable bonds is 5. The molecule has 1 amide bonds. The van der Waals surface area contributed by atoms with E-state index >= 15 is 0 Å². The smallest absolute Gasteiger partial charge is 0.257 e. The summed E-state index contributed by atoms with van der Waals surface area (Å²) < 4.78 is 5.03. The molecule has 2 heterocycles. The van der Waals surface area contributed by atoms with E-state index in [-0.39, 0.29) is 5.91 Å². The van der Waals surface area contributed by atoms with Gasteiger partial charge < -0.3 is 20.1 Å². The lowest BCUT2D eigenvalue weighted by molar-refractivity contribution is -0.113. The van der Waals surface area contributed by atoms with E-state index in [9.17, 15) is 4.79 Å². The first-order valence-corrected chi connectivity index (χ1v) is 9.09. The molecule has 0 bridgehead atoms. The molecule has 1 unspecified atom stereocenters. The fraction of sp³-hybridized carbons (Fsp3) is 0.211. The molecule has 3 rings (SSSR count). The monoisotopic (exact) mass is 402 g/mol. The standard InChI is InChI=1S/C19H19ClN4O2S/c1-4-9-24-12(3)16(18(25)21-15-10-11(2)26-23-15)17(22-19(24)27)13-5-7-14(20)8-6-13/h4-8,10,17H,1,9H2,2-3H3,(H,22,27)(H,21,23,25). The van der Waals surface area contributed by atoms with Crippen molar-refractivity contribution >= 4 is 40.7 Å². The number of aryl methyl sites for hydroxylation is 1. The van der Waals surface area contributed by atoms with E-state index in [2.05, 4.69) is 22.4 Å². The number of thiocarbonyl (C=S) groups is 1. The van der Waals surface area contributed by atoms with E-state index < -0.39 is 6.04 Å². The maximum absolute atomic E-state index is 13.1. The summed E-state index contributed by atoms with van der Waals surface area (Å²) in [5, 5.41) is 11.0. The predicted octanol–water partition coefficient (Wildman–Crippen LogP) is 3.97. The minimum absolute atomic E-state index is 0.287. The first-order chi connectivity index (χ1) is 12.9. The zero-order chi connectivity index (χ0) is 19.6. The Morgan fingerprint density at radius 2 is 2.15 bits per heavy atom. The third kappa shape index (κ3) is 4.04. The molecular formula is C19H19ClN4O2S.